The highest BCUT2D eigenvalue weighted by Gasteiger charge is 2.37. The van der Waals surface area contributed by atoms with Crippen LogP contribution in [-0.2, 0) is 27.1 Å². The SMILES string of the molecule is CC(=O)OCc1nc2cc(C#N)cnc2n1CCO[Si](C)(C)C(C)(C)C. The van der Waals surface area contributed by atoms with E-state index in [1.165, 1.54) is 13.1 Å². The van der Waals surface area contributed by atoms with Crippen molar-refractivity contribution in [2.45, 2.75) is 59.0 Å². The van der Waals surface area contributed by atoms with E-state index in [2.05, 4.69) is 49.9 Å². The Balaban J connectivity index is 2.27. The molecule has 0 fully saturated rings. The van der Waals surface area contributed by atoms with Gasteiger partial charge in [-0.15, -0.1) is 0 Å². The van der Waals surface area contributed by atoms with E-state index in [1.807, 2.05) is 4.57 Å². The summed E-state index contributed by atoms with van der Waals surface area (Å²) in [5.74, 6) is 0.225. The quantitative estimate of drug-likeness (QED) is 0.569. The maximum Gasteiger partial charge on any atom is 0.303 e. The normalized spacial score (nSPS) is 12.2. The van der Waals surface area contributed by atoms with E-state index < -0.39 is 8.32 Å². The van der Waals surface area contributed by atoms with E-state index in [9.17, 15) is 4.79 Å². The number of esters is 1. The average Bonchev–Trinajstić information content (AvgIpc) is 2.88. The van der Waals surface area contributed by atoms with Gasteiger partial charge in [-0.2, -0.15) is 5.26 Å². The molecule has 2 rings (SSSR count). The second kappa shape index (κ2) is 7.56. The lowest BCUT2D eigenvalue weighted by Crippen LogP contribution is -2.41. The molecule has 7 nitrogen and oxygen atoms in total. The smallest absolute Gasteiger partial charge is 0.303 e. The minimum Gasteiger partial charge on any atom is -0.458 e. The summed E-state index contributed by atoms with van der Waals surface area (Å²) < 4.78 is 13.2. The van der Waals surface area contributed by atoms with Gasteiger partial charge in [0.25, 0.3) is 0 Å². The van der Waals surface area contributed by atoms with Crippen molar-refractivity contribution in [3.8, 4) is 6.07 Å². The first-order valence-electron chi connectivity index (χ1n) is 8.58. The van der Waals surface area contributed by atoms with Gasteiger partial charge in [0.15, 0.2) is 14.0 Å². The summed E-state index contributed by atoms with van der Waals surface area (Å²) in [7, 11) is -1.86. The maximum absolute atomic E-state index is 11.2. The summed E-state index contributed by atoms with van der Waals surface area (Å²) in [5, 5.41) is 9.18. The maximum atomic E-state index is 11.2. The number of pyridine rings is 1. The van der Waals surface area contributed by atoms with Crippen LogP contribution < -0.4 is 0 Å². The number of carbonyl (C=O) groups is 1. The van der Waals surface area contributed by atoms with Crippen LogP contribution in [-0.4, -0.2) is 35.4 Å². The number of rotatable bonds is 6. The number of fused-ring (bicyclic) bond motifs is 1. The van der Waals surface area contributed by atoms with Crippen LogP contribution in [0.2, 0.25) is 18.1 Å². The molecule has 0 aromatic carbocycles. The van der Waals surface area contributed by atoms with Gasteiger partial charge in [-0.25, -0.2) is 9.97 Å². The predicted octanol–water partition coefficient (Wildman–Crippen LogP) is 3.39. The van der Waals surface area contributed by atoms with Crippen LogP contribution in [0.15, 0.2) is 12.3 Å². The first-order chi connectivity index (χ1) is 12.0. The van der Waals surface area contributed by atoms with Gasteiger partial charge < -0.3 is 13.7 Å². The van der Waals surface area contributed by atoms with E-state index in [-0.39, 0.29) is 17.6 Å². The fourth-order valence-corrected chi connectivity index (χ4v) is 3.27. The Hall–Kier alpha value is -2.24. The molecule has 0 aliphatic carbocycles. The summed E-state index contributed by atoms with van der Waals surface area (Å²) in [6.07, 6.45) is 1.52. The molecule has 140 valence electrons. The third kappa shape index (κ3) is 4.48. The van der Waals surface area contributed by atoms with Crippen molar-refractivity contribution in [3.05, 3.63) is 23.7 Å². The van der Waals surface area contributed by atoms with E-state index in [1.54, 1.807) is 6.07 Å². The van der Waals surface area contributed by atoms with Gasteiger partial charge in [0.2, 0.25) is 0 Å². The zero-order valence-electron chi connectivity index (χ0n) is 16.3. The highest BCUT2D eigenvalue weighted by molar-refractivity contribution is 6.74. The van der Waals surface area contributed by atoms with Gasteiger partial charge in [0.05, 0.1) is 12.2 Å². The Morgan fingerprint density at radius 1 is 1.38 bits per heavy atom. The van der Waals surface area contributed by atoms with Crippen LogP contribution in [0.25, 0.3) is 11.2 Å². The first-order valence-corrected chi connectivity index (χ1v) is 11.5. The molecule has 26 heavy (non-hydrogen) atoms. The van der Waals surface area contributed by atoms with Gasteiger partial charge in [-0.05, 0) is 24.2 Å². The Morgan fingerprint density at radius 3 is 2.65 bits per heavy atom. The Kier molecular flexibility index (Phi) is 5.83. The number of hydrogen-bond acceptors (Lipinski definition) is 6. The summed E-state index contributed by atoms with van der Waals surface area (Å²) in [6, 6.07) is 3.75. The van der Waals surface area contributed by atoms with Crippen molar-refractivity contribution in [1.29, 1.82) is 5.26 Å². The number of hydrogen-bond donors (Lipinski definition) is 0. The Bertz CT molecular complexity index is 846. The van der Waals surface area contributed by atoms with Crippen LogP contribution >= 0.6 is 0 Å². The molecule has 8 heteroatoms. The Labute approximate surface area is 155 Å². The largest absolute Gasteiger partial charge is 0.458 e. The first kappa shape index (κ1) is 20.1. The summed E-state index contributed by atoms with van der Waals surface area (Å²) >= 11 is 0. The van der Waals surface area contributed by atoms with Crippen molar-refractivity contribution in [3.63, 3.8) is 0 Å². The van der Waals surface area contributed by atoms with Gasteiger partial charge in [0, 0.05) is 19.7 Å². The van der Waals surface area contributed by atoms with Crippen LogP contribution in [0.1, 0.15) is 39.1 Å². The van der Waals surface area contributed by atoms with E-state index in [4.69, 9.17) is 14.4 Å². The van der Waals surface area contributed by atoms with Crippen molar-refractivity contribution < 1.29 is 14.0 Å². The molecule has 0 saturated carbocycles. The lowest BCUT2D eigenvalue weighted by molar-refractivity contribution is -0.142. The molecule has 0 saturated heterocycles. The number of carbonyl (C=O) groups excluding carboxylic acids is 1. The molecule has 2 heterocycles. The molecule has 0 aliphatic heterocycles. The molecule has 0 atom stereocenters. The molecule has 0 bridgehead atoms. The fourth-order valence-electron chi connectivity index (χ4n) is 2.24. The highest BCUT2D eigenvalue weighted by Crippen LogP contribution is 2.36. The van der Waals surface area contributed by atoms with Gasteiger partial charge in [-0.3, -0.25) is 4.79 Å². The molecular weight excluding hydrogens is 348 g/mol. The van der Waals surface area contributed by atoms with Gasteiger partial charge in [0.1, 0.15) is 24.0 Å². The fraction of sp³-hybridized carbons (Fsp3) is 0.556. The van der Waals surface area contributed by atoms with Crippen LogP contribution in [0, 0.1) is 11.3 Å². The van der Waals surface area contributed by atoms with Crippen molar-refractivity contribution in [2.75, 3.05) is 6.61 Å². The topological polar surface area (TPSA) is 90.0 Å². The third-order valence-electron chi connectivity index (χ3n) is 4.78. The van der Waals surface area contributed by atoms with Gasteiger partial charge >= 0.3 is 5.97 Å². The van der Waals surface area contributed by atoms with E-state index >= 15 is 0 Å². The average molecular weight is 375 g/mol. The molecule has 0 spiro atoms. The molecular formula is C18H26N4O3Si. The molecule has 2 aromatic heterocycles. The zero-order chi connectivity index (χ0) is 19.5. The van der Waals surface area contributed by atoms with Crippen molar-refractivity contribution in [1.82, 2.24) is 14.5 Å². The molecule has 0 amide bonds. The third-order valence-corrected chi connectivity index (χ3v) is 9.32. The number of nitriles is 1. The summed E-state index contributed by atoms with van der Waals surface area (Å²) in [6.45, 7) is 13.5. The second-order valence-corrected chi connectivity index (χ2v) is 12.6. The van der Waals surface area contributed by atoms with Crippen LogP contribution in [0.5, 0.6) is 0 Å². The minimum atomic E-state index is -1.86. The molecule has 0 unspecified atom stereocenters. The monoisotopic (exact) mass is 374 g/mol. The number of nitrogens with zero attached hydrogens (tertiary/aromatic N) is 4. The molecule has 0 N–H and O–H groups in total. The minimum absolute atomic E-state index is 0.0632. The number of imidazole rings is 1. The Morgan fingerprint density at radius 2 is 2.08 bits per heavy atom. The number of ether oxygens (including phenoxy) is 1. The lowest BCUT2D eigenvalue weighted by Gasteiger charge is -2.36. The summed E-state index contributed by atoms with van der Waals surface area (Å²) in [5.41, 5.74) is 1.71. The summed E-state index contributed by atoms with van der Waals surface area (Å²) in [4.78, 5) is 20.0. The highest BCUT2D eigenvalue weighted by atomic mass is 28.4. The molecule has 2 aromatic rings. The zero-order valence-corrected chi connectivity index (χ0v) is 17.3. The number of aromatic nitrogens is 3. The van der Waals surface area contributed by atoms with Crippen LogP contribution in [0.3, 0.4) is 0 Å². The van der Waals surface area contributed by atoms with Crippen molar-refractivity contribution in [2.24, 2.45) is 0 Å². The predicted molar refractivity (Wildman–Crippen MR) is 101 cm³/mol. The standard InChI is InChI=1S/C18H26N4O3Si/c1-13(23)24-12-16-21-15-9-14(10-19)11-20-17(15)22(16)7-8-25-26(5,6)18(2,3)4/h9,11H,7-8,12H2,1-6H3. The van der Waals surface area contributed by atoms with E-state index in [0.717, 1.165) is 0 Å². The van der Waals surface area contributed by atoms with E-state index in [0.29, 0.717) is 35.7 Å². The van der Waals surface area contributed by atoms with Crippen molar-refractivity contribution >= 4 is 25.5 Å². The van der Waals surface area contributed by atoms with Crippen LogP contribution in [0.4, 0.5) is 0 Å². The van der Waals surface area contributed by atoms with Gasteiger partial charge in [-0.1, -0.05) is 20.8 Å². The second-order valence-electron chi connectivity index (χ2n) is 7.75. The molecule has 0 radical (unpaired) electrons. The lowest BCUT2D eigenvalue weighted by atomic mass is 10.2. The molecule has 0 aliphatic rings.